The van der Waals surface area contributed by atoms with Gasteiger partial charge in [-0.1, -0.05) is 0 Å². The summed E-state index contributed by atoms with van der Waals surface area (Å²) in [6.07, 6.45) is -2.61. The van der Waals surface area contributed by atoms with E-state index in [2.05, 4.69) is 4.98 Å². The molecule has 0 aromatic carbocycles. The number of aliphatic hydroxyl groups excluding tert-OH is 2. The minimum Gasteiger partial charge on any atom is -0.387 e. The highest BCUT2D eigenvalue weighted by atomic mass is 19.1. The number of anilines is 1. The molecule has 10 heteroatoms. The fourth-order valence-electron chi connectivity index (χ4n) is 2.44. The Morgan fingerprint density at radius 2 is 2.32 bits per heavy atom. The molecular weight excluding hydrogens is 299 g/mol. The predicted molar refractivity (Wildman–Crippen MR) is 70.2 cm³/mol. The lowest BCUT2D eigenvalue weighted by molar-refractivity contribution is -0.173. The molecule has 22 heavy (non-hydrogen) atoms. The minimum atomic E-state index is -2.35. The van der Waals surface area contributed by atoms with Gasteiger partial charge < -0.3 is 25.4 Å². The Kier molecular flexibility index (Phi) is 4.17. The quantitative estimate of drug-likeness (QED) is 0.585. The first-order valence-electron chi connectivity index (χ1n) is 6.25. The highest BCUT2D eigenvalue weighted by molar-refractivity contribution is 5.25. The zero-order valence-corrected chi connectivity index (χ0v) is 11.6. The van der Waals surface area contributed by atoms with E-state index in [-0.39, 0.29) is 5.82 Å². The Balaban J connectivity index is 2.60. The summed E-state index contributed by atoms with van der Waals surface area (Å²) < 4.78 is 24.2. The molecule has 1 aromatic heterocycles. The number of halogens is 1. The average molecular weight is 314 g/mol. The Morgan fingerprint density at radius 1 is 1.64 bits per heavy atom. The van der Waals surface area contributed by atoms with Gasteiger partial charge in [-0.25, -0.2) is 9.18 Å². The van der Waals surface area contributed by atoms with Crippen molar-refractivity contribution in [3.8, 4) is 6.07 Å². The summed E-state index contributed by atoms with van der Waals surface area (Å²) in [6, 6.07) is 2.81. The van der Waals surface area contributed by atoms with Crippen LogP contribution in [0.2, 0.25) is 0 Å². The third-order valence-electron chi connectivity index (χ3n) is 3.56. The Morgan fingerprint density at radius 3 is 2.82 bits per heavy atom. The number of nitrogens with two attached hydrogens (primary N) is 1. The van der Waals surface area contributed by atoms with Gasteiger partial charge in [0, 0.05) is 13.3 Å². The van der Waals surface area contributed by atoms with Crippen LogP contribution in [-0.2, 0) is 15.2 Å². The number of ether oxygens (including phenoxy) is 2. The fourth-order valence-corrected chi connectivity index (χ4v) is 2.44. The highest BCUT2D eigenvalue weighted by Gasteiger charge is 2.64. The normalized spacial score (nSPS) is 34.5. The molecule has 0 radical (unpaired) electrons. The van der Waals surface area contributed by atoms with E-state index in [4.69, 9.17) is 15.2 Å². The summed E-state index contributed by atoms with van der Waals surface area (Å²) in [7, 11) is 1.24. The number of aliphatic hydroxyl groups is 2. The number of nitrogen functional groups attached to an aromatic ring is 1. The van der Waals surface area contributed by atoms with E-state index in [9.17, 15) is 24.7 Å². The first-order valence-corrected chi connectivity index (χ1v) is 6.25. The minimum absolute atomic E-state index is 0.101. The van der Waals surface area contributed by atoms with Gasteiger partial charge in [0.15, 0.2) is 5.60 Å². The molecule has 120 valence electrons. The van der Waals surface area contributed by atoms with E-state index in [1.54, 1.807) is 6.07 Å². The molecule has 4 N–H and O–H groups in total. The van der Waals surface area contributed by atoms with Crippen LogP contribution in [0.25, 0.3) is 0 Å². The van der Waals surface area contributed by atoms with Gasteiger partial charge in [-0.15, -0.1) is 0 Å². The maximum absolute atomic E-state index is 13.4. The molecule has 1 saturated heterocycles. The fraction of sp³-hybridized carbons (Fsp3) is 0.583. The predicted octanol–water partition coefficient (Wildman–Crippen LogP) is -1.89. The van der Waals surface area contributed by atoms with Crippen LogP contribution in [0.5, 0.6) is 0 Å². The number of hydrogen-bond donors (Lipinski definition) is 3. The van der Waals surface area contributed by atoms with Crippen LogP contribution in [-0.4, -0.2) is 58.0 Å². The summed E-state index contributed by atoms with van der Waals surface area (Å²) in [5.41, 5.74) is 0.0468. The second-order valence-electron chi connectivity index (χ2n) is 4.94. The Labute approximate surface area is 124 Å². The molecule has 2 heterocycles. The van der Waals surface area contributed by atoms with Crippen LogP contribution in [0.4, 0.5) is 10.2 Å². The highest BCUT2D eigenvalue weighted by Crippen LogP contribution is 2.41. The summed E-state index contributed by atoms with van der Waals surface area (Å²) in [6.45, 7) is -1.66. The van der Waals surface area contributed by atoms with Crippen molar-refractivity contribution >= 4 is 5.82 Å². The topological polar surface area (TPSA) is 144 Å². The molecule has 0 bridgehead atoms. The summed E-state index contributed by atoms with van der Waals surface area (Å²) in [5.74, 6) is -0.101. The van der Waals surface area contributed by atoms with Crippen molar-refractivity contribution in [2.75, 3.05) is 26.1 Å². The van der Waals surface area contributed by atoms with Crippen LogP contribution >= 0.6 is 0 Å². The molecule has 2 rings (SSSR count). The molecule has 1 fully saturated rings. The van der Waals surface area contributed by atoms with Crippen LogP contribution in [0.3, 0.4) is 0 Å². The van der Waals surface area contributed by atoms with Gasteiger partial charge in [-0.3, -0.25) is 4.57 Å². The lowest BCUT2D eigenvalue weighted by Gasteiger charge is -2.29. The summed E-state index contributed by atoms with van der Waals surface area (Å²) >= 11 is 0. The van der Waals surface area contributed by atoms with Crippen LogP contribution < -0.4 is 11.4 Å². The molecular formula is C12H15FN4O5. The lowest BCUT2D eigenvalue weighted by atomic mass is 9.95. The molecule has 0 saturated carbocycles. The third kappa shape index (κ3) is 2.15. The van der Waals surface area contributed by atoms with E-state index in [0.717, 1.165) is 6.20 Å². The van der Waals surface area contributed by atoms with Gasteiger partial charge in [-0.05, 0) is 6.07 Å². The van der Waals surface area contributed by atoms with Gasteiger partial charge in [-0.2, -0.15) is 10.2 Å². The van der Waals surface area contributed by atoms with Gasteiger partial charge in [0.25, 0.3) is 5.72 Å². The SMILES string of the molecule is COC[C@@]1(CF)O[C@@](C#N)(n2ccc(N)nc2=O)[C@H](O)[C@@H]1O. The van der Waals surface area contributed by atoms with E-state index in [1.807, 2.05) is 0 Å². The Bertz CT molecular complexity index is 662. The van der Waals surface area contributed by atoms with Crippen molar-refractivity contribution < 1.29 is 24.1 Å². The third-order valence-corrected chi connectivity index (χ3v) is 3.56. The maximum Gasteiger partial charge on any atom is 0.352 e. The number of methoxy groups -OCH3 is 1. The molecule has 9 nitrogen and oxygen atoms in total. The number of hydrogen-bond acceptors (Lipinski definition) is 8. The van der Waals surface area contributed by atoms with Gasteiger partial charge in [0.1, 0.15) is 30.8 Å². The molecule has 1 aliphatic rings. The van der Waals surface area contributed by atoms with Crippen molar-refractivity contribution in [1.82, 2.24) is 9.55 Å². The Hall–Kier alpha value is -2.06. The maximum atomic E-state index is 13.4. The van der Waals surface area contributed by atoms with Crippen LogP contribution in [0.1, 0.15) is 0 Å². The second kappa shape index (κ2) is 5.62. The number of aromatic nitrogens is 2. The number of rotatable bonds is 4. The van der Waals surface area contributed by atoms with E-state index in [1.165, 1.54) is 13.2 Å². The smallest absolute Gasteiger partial charge is 0.352 e. The monoisotopic (exact) mass is 314 g/mol. The molecule has 1 aliphatic heterocycles. The van der Waals surface area contributed by atoms with E-state index >= 15 is 0 Å². The van der Waals surface area contributed by atoms with Gasteiger partial charge in [0.05, 0.1) is 6.61 Å². The molecule has 0 amide bonds. The number of nitriles is 1. The van der Waals surface area contributed by atoms with Crippen molar-refractivity contribution in [2.45, 2.75) is 23.5 Å². The van der Waals surface area contributed by atoms with Crippen molar-refractivity contribution in [3.05, 3.63) is 22.7 Å². The van der Waals surface area contributed by atoms with Crippen LogP contribution in [0, 0.1) is 11.3 Å². The van der Waals surface area contributed by atoms with E-state index in [0.29, 0.717) is 4.57 Å². The lowest BCUT2D eigenvalue weighted by Crippen LogP contribution is -2.49. The van der Waals surface area contributed by atoms with Crippen LogP contribution in [0.15, 0.2) is 17.1 Å². The van der Waals surface area contributed by atoms with Gasteiger partial charge >= 0.3 is 5.69 Å². The molecule has 4 atom stereocenters. The van der Waals surface area contributed by atoms with Crippen molar-refractivity contribution in [1.29, 1.82) is 5.26 Å². The first kappa shape index (κ1) is 16.3. The standard InChI is InChI=1S/C12H15FN4O5/c1-21-6-11(4-13)8(18)9(19)12(5-14,22-11)17-3-2-7(15)16-10(17)20/h2-3,8-9,18-19H,4,6H2,1H3,(H2,15,16,20)/t8-,9+,11+,12+/m0/s1. The van der Waals surface area contributed by atoms with Crippen molar-refractivity contribution in [3.63, 3.8) is 0 Å². The molecule has 0 unspecified atom stereocenters. The largest absolute Gasteiger partial charge is 0.387 e. The number of alkyl halides is 1. The summed E-state index contributed by atoms with van der Waals surface area (Å²) in [4.78, 5) is 15.4. The van der Waals surface area contributed by atoms with E-state index < -0.39 is 42.5 Å². The zero-order chi connectivity index (χ0) is 16.5. The summed E-state index contributed by atoms with van der Waals surface area (Å²) in [5, 5.41) is 29.7. The first-order chi connectivity index (χ1) is 10.4. The second-order valence-corrected chi connectivity index (χ2v) is 4.94. The zero-order valence-electron chi connectivity index (χ0n) is 11.6. The molecule has 0 aliphatic carbocycles. The van der Waals surface area contributed by atoms with Gasteiger partial charge in [0.2, 0.25) is 0 Å². The number of nitrogens with zero attached hydrogens (tertiary/aromatic N) is 3. The van der Waals surface area contributed by atoms with Crippen molar-refractivity contribution in [2.24, 2.45) is 0 Å². The average Bonchev–Trinajstić information content (AvgIpc) is 2.71. The molecule has 0 spiro atoms. The molecule has 1 aromatic rings.